The molecule has 1 aromatic rings. The minimum atomic E-state index is -3.68. The van der Waals surface area contributed by atoms with Crippen LogP contribution in [0.5, 0.6) is 0 Å². The number of carbonyl (C=O) groups is 1. The van der Waals surface area contributed by atoms with Gasteiger partial charge in [0.05, 0.1) is 13.2 Å². The van der Waals surface area contributed by atoms with Gasteiger partial charge < -0.3 is 9.64 Å². The van der Waals surface area contributed by atoms with E-state index in [0.717, 1.165) is 9.37 Å². The zero-order chi connectivity index (χ0) is 14.6. The quantitative estimate of drug-likeness (QED) is 0.732. The number of halogens is 3. The van der Waals surface area contributed by atoms with Gasteiger partial charge in [-0.3, -0.25) is 4.79 Å². The fourth-order valence-electron chi connectivity index (χ4n) is 1.70. The van der Waals surface area contributed by atoms with Gasteiger partial charge in [0, 0.05) is 23.1 Å². The highest BCUT2D eigenvalue weighted by atomic mass is 79.9. The van der Waals surface area contributed by atoms with Gasteiger partial charge in [0.2, 0.25) is 0 Å². The van der Waals surface area contributed by atoms with Gasteiger partial charge in [-0.15, -0.1) is 0 Å². The van der Waals surface area contributed by atoms with E-state index in [-0.39, 0.29) is 26.3 Å². The van der Waals surface area contributed by atoms with Crippen molar-refractivity contribution < 1.29 is 18.3 Å². The van der Waals surface area contributed by atoms with Crippen LogP contribution in [0.15, 0.2) is 28.7 Å². The molecule has 20 heavy (non-hydrogen) atoms. The number of ether oxygens (including phenoxy) is 1. The largest absolute Gasteiger partial charge is 0.385 e. The molecule has 1 amide bonds. The molecule has 6 heteroatoms. The summed E-state index contributed by atoms with van der Waals surface area (Å²) in [7, 11) is 0. The molecule has 3 nitrogen and oxygen atoms in total. The maximum atomic E-state index is 13.8. The van der Waals surface area contributed by atoms with Crippen molar-refractivity contribution in [1.82, 2.24) is 4.90 Å². The van der Waals surface area contributed by atoms with Gasteiger partial charge in [-0.05, 0) is 30.2 Å². The number of morpholine rings is 1. The molecule has 1 saturated heterocycles. The number of amides is 1. The SMILES string of the molecule is O=C(N1CCOCC1)C(F)(F)C#Cc1ccc(Br)cc1. The molecule has 1 fully saturated rings. The van der Waals surface area contributed by atoms with Gasteiger partial charge in [0.1, 0.15) is 0 Å². The van der Waals surface area contributed by atoms with Crippen molar-refractivity contribution in [2.45, 2.75) is 5.92 Å². The average Bonchev–Trinajstić information content (AvgIpc) is 2.47. The Kier molecular flexibility index (Phi) is 4.73. The lowest BCUT2D eigenvalue weighted by molar-refractivity contribution is -0.153. The van der Waals surface area contributed by atoms with Gasteiger partial charge in [-0.1, -0.05) is 21.9 Å². The number of carbonyl (C=O) groups excluding carboxylic acids is 1. The second kappa shape index (κ2) is 6.33. The lowest BCUT2D eigenvalue weighted by atomic mass is 10.2. The third-order valence-corrected chi connectivity index (χ3v) is 3.30. The number of rotatable bonds is 1. The number of alkyl halides is 2. The summed E-state index contributed by atoms with van der Waals surface area (Å²) in [5.41, 5.74) is 0.433. The highest BCUT2D eigenvalue weighted by Crippen LogP contribution is 2.18. The molecule has 0 bridgehead atoms. The van der Waals surface area contributed by atoms with Gasteiger partial charge in [-0.25, -0.2) is 0 Å². The molecule has 0 atom stereocenters. The Morgan fingerprint density at radius 1 is 1.25 bits per heavy atom. The van der Waals surface area contributed by atoms with Crippen molar-refractivity contribution in [3.05, 3.63) is 34.3 Å². The molecular weight excluding hydrogens is 332 g/mol. The Morgan fingerprint density at radius 2 is 1.85 bits per heavy atom. The molecule has 1 aromatic carbocycles. The fraction of sp³-hybridized carbons (Fsp3) is 0.357. The first-order chi connectivity index (χ1) is 9.49. The second-order valence-corrected chi connectivity index (χ2v) is 5.15. The molecule has 106 valence electrons. The Hall–Kier alpha value is -1.45. The lowest BCUT2D eigenvalue weighted by Crippen LogP contribution is -2.48. The fourth-order valence-corrected chi connectivity index (χ4v) is 1.97. The first-order valence-electron chi connectivity index (χ1n) is 6.03. The van der Waals surface area contributed by atoms with Crippen molar-refractivity contribution in [2.24, 2.45) is 0 Å². The first kappa shape index (κ1) is 14.9. The number of hydrogen-bond donors (Lipinski definition) is 0. The molecule has 1 aliphatic heterocycles. The third-order valence-electron chi connectivity index (χ3n) is 2.77. The van der Waals surface area contributed by atoms with Crippen molar-refractivity contribution in [3.8, 4) is 11.8 Å². The highest BCUT2D eigenvalue weighted by molar-refractivity contribution is 9.10. The summed E-state index contributed by atoms with van der Waals surface area (Å²) in [5.74, 6) is -0.841. The van der Waals surface area contributed by atoms with Crippen LogP contribution >= 0.6 is 15.9 Å². The van der Waals surface area contributed by atoms with E-state index in [4.69, 9.17) is 4.74 Å². The molecule has 0 unspecified atom stereocenters. The zero-order valence-electron chi connectivity index (χ0n) is 10.5. The molecule has 1 heterocycles. The van der Waals surface area contributed by atoms with Crippen LogP contribution in [0.25, 0.3) is 0 Å². The van der Waals surface area contributed by atoms with Crippen LogP contribution in [0.2, 0.25) is 0 Å². The Morgan fingerprint density at radius 3 is 2.45 bits per heavy atom. The maximum absolute atomic E-state index is 13.8. The van der Waals surface area contributed by atoms with E-state index in [1.807, 2.05) is 0 Å². The standard InChI is InChI=1S/C14H12BrF2NO2/c15-12-3-1-11(2-4-12)5-6-14(16,17)13(19)18-7-9-20-10-8-18/h1-4H,7-10H2. The maximum Gasteiger partial charge on any atom is 0.385 e. The molecular formula is C14H12BrF2NO2. The normalized spacial score (nSPS) is 15.4. The van der Waals surface area contributed by atoms with E-state index < -0.39 is 11.8 Å². The van der Waals surface area contributed by atoms with Crippen LogP contribution in [0.3, 0.4) is 0 Å². The number of benzene rings is 1. The van der Waals surface area contributed by atoms with Crippen LogP contribution in [0.1, 0.15) is 5.56 Å². The predicted molar refractivity (Wildman–Crippen MR) is 73.4 cm³/mol. The molecule has 1 aliphatic rings. The van der Waals surface area contributed by atoms with Crippen LogP contribution < -0.4 is 0 Å². The summed E-state index contributed by atoms with van der Waals surface area (Å²) >= 11 is 3.24. The highest BCUT2D eigenvalue weighted by Gasteiger charge is 2.40. The second-order valence-electron chi connectivity index (χ2n) is 4.24. The summed E-state index contributed by atoms with van der Waals surface area (Å²) in [6, 6.07) is 6.61. The Balaban J connectivity index is 2.10. The van der Waals surface area contributed by atoms with Crippen LogP contribution in [0.4, 0.5) is 8.78 Å². The zero-order valence-corrected chi connectivity index (χ0v) is 12.1. The summed E-state index contributed by atoms with van der Waals surface area (Å²) < 4.78 is 33.4. The molecule has 0 radical (unpaired) electrons. The number of nitrogens with zero attached hydrogens (tertiary/aromatic N) is 1. The van der Waals surface area contributed by atoms with Crippen molar-refractivity contribution in [3.63, 3.8) is 0 Å². The van der Waals surface area contributed by atoms with Gasteiger partial charge in [0.25, 0.3) is 0 Å². The van der Waals surface area contributed by atoms with Gasteiger partial charge in [-0.2, -0.15) is 8.78 Å². The van der Waals surface area contributed by atoms with E-state index in [0.29, 0.717) is 5.56 Å². The molecule has 0 aromatic heterocycles. The predicted octanol–water partition coefficient (Wildman–Crippen LogP) is 2.29. The molecule has 0 aliphatic carbocycles. The van der Waals surface area contributed by atoms with Gasteiger partial charge >= 0.3 is 11.8 Å². The summed E-state index contributed by atoms with van der Waals surface area (Å²) in [6.45, 7) is 0.909. The summed E-state index contributed by atoms with van der Waals surface area (Å²) in [6.07, 6.45) is 0. The summed E-state index contributed by atoms with van der Waals surface area (Å²) in [4.78, 5) is 12.8. The van der Waals surface area contributed by atoms with E-state index in [1.165, 1.54) is 0 Å². The molecule has 0 saturated carbocycles. The van der Waals surface area contributed by atoms with Crippen LogP contribution in [-0.4, -0.2) is 43.0 Å². The first-order valence-corrected chi connectivity index (χ1v) is 6.82. The molecule has 0 N–H and O–H groups in total. The lowest BCUT2D eigenvalue weighted by Gasteiger charge is -2.28. The van der Waals surface area contributed by atoms with Gasteiger partial charge in [0.15, 0.2) is 0 Å². The minimum absolute atomic E-state index is 0.175. The average molecular weight is 344 g/mol. The monoisotopic (exact) mass is 343 g/mol. The van der Waals surface area contributed by atoms with Crippen LogP contribution in [0, 0.1) is 11.8 Å². The number of hydrogen-bond acceptors (Lipinski definition) is 2. The topological polar surface area (TPSA) is 29.5 Å². The van der Waals surface area contributed by atoms with Crippen molar-refractivity contribution >= 4 is 21.8 Å². The third kappa shape index (κ3) is 3.78. The minimum Gasteiger partial charge on any atom is -0.378 e. The van der Waals surface area contributed by atoms with E-state index >= 15 is 0 Å². The van der Waals surface area contributed by atoms with E-state index in [1.54, 1.807) is 30.2 Å². The van der Waals surface area contributed by atoms with E-state index in [2.05, 4.69) is 21.9 Å². The van der Waals surface area contributed by atoms with Crippen molar-refractivity contribution in [2.75, 3.05) is 26.3 Å². The van der Waals surface area contributed by atoms with Crippen LogP contribution in [-0.2, 0) is 9.53 Å². The summed E-state index contributed by atoms with van der Waals surface area (Å²) in [5, 5.41) is 0. The smallest absolute Gasteiger partial charge is 0.378 e. The Labute approximate surface area is 124 Å². The molecule has 2 rings (SSSR count). The van der Waals surface area contributed by atoms with E-state index in [9.17, 15) is 13.6 Å². The Bertz CT molecular complexity index is 543. The van der Waals surface area contributed by atoms with Crippen molar-refractivity contribution in [1.29, 1.82) is 0 Å². The molecule has 0 spiro atoms.